The van der Waals surface area contributed by atoms with Gasteiger partial charge in [-0.3, -0.25) is 4.98 Å². The topological polar surface area (TPSA) is 12.9 Å². The lowest BCUT2D eigenvalue weighted by atomic mass is 10.1. The molecule has 0 amide bonds. The van der Waals surface area contributed by atoms with Gasteiger partial charge in [-0.2, -0.15) is 0 Å². The van der Waals surface area contributed by atoms with Gasteiger partial charge >= 0.3 is 0 Å². The van der Waals surface area contributed by atoms with Crippen molar-refractivity contribution in [1.29, 1.82) is 0 Å². The quantitative estimate of drug-likeness (QED) is 0.743. The lowest BCUT2D eigenvalue weighted by Gasteiger charge is -2.05. The van der Waals surface area contributed by atoms with E-state index in [4.69, 9.17) is 23.2 Å². The molecule has 2 rings (SSSR count). The Morgan fingerprint density at radius 2 is 1.81 bits per heavy atom. The molecule has 1 heterocycles. The summed E-state index contributed by atoms with van der Waals surface area (Å²) in [4.78, 5) is 3.91. The minimum absolute atomic E-state index is 0.142. The molecule has 0 N–H and O–H groups in total. The first-order chi connectivity index (χ1) is 7.58. The van der Waals surface area contributed by atoms with Crippen LogP contribution in [0.2, 0.25) is 10.0 Å². The molecule has 1 aromatic carbocycles. The Balaban J connectivity index is 2.59. The van der Waals surface area contributed by atoms with E-state index in [2.05, 4.69) is 4.98 Å². The van der Waals surface area contributed by atoms with Gasteiger partial charge in [0.25, 0.3) is 0 Å². The SMILES string of the molecule is Fc1ccc(-c2ncc(Cl)cc2Cl)c(F)c1. The van der Waals surface area contributed by atoms with Crippen molar-refractivity contribution in [3.8, 4) is 11.3 Å². The normalized spacial score (nSPS) is 10.5. The van der Waals surface area contributed by atoms with Crippen LogP contribution in [-0.2, 0) is 0 Å². The fraction of sp³-hybridized carbons (Fsp3) is 0. The Bertz CT molecular complexity index is 494. The number of nitrogens with zero attached hydrogens (tertiary/aromatic N) is 1. The smallest absolute Gasteiger partial charge is 0.135 e. The molecule has 0 atom stereocenters. The van der Waals surface area contributed by atoms with Gasteiger partial charge in [0.1, 0.15) is 11.6 Å². The van der Waals surface area contributed by atoms with Gasteiger partial charge < -0.3 is 0 Å². The molecule has 1 nitrogen and oxygen atoms in total. The lowest BCUT2D eigenvalue weighted by Crippen LogP contribution is -1.90. The largest absolute Gasteiger partial charge is 0.253 e. The predicted octanol–water partition coefficient (Wildman–Crippen LogP) is 4.33. The van der Waals surface area contributed by atoms with Crippen molar-refractivity contribution in [2.45, 2.75) is 0 Å². The van der Waals surface area contributed by atoms with Gasteiger partial charge in [-0.15, -0.1) is 0 Å². The van der Waals surface area contributed by atoms with E-state index in [0.717, 1.165) is 12.1 Å². The third-order valence-electron chi connectivity index (χ3n) is 1.99. The Kier molecular flexibility index (Phi) is 3.08. The van der Waals surface area contributed by atoms with Crippen LogP contribution in [0.5, 0.6) is 0 Å². The Labute approximate surface area is 101 Å². The van der Waals surface area contributed by atoms with E-state index in [1.54, 1.807) is 0 Å². The molecule has 0 bridgehead atoms. The molecule has 82 valence electrons. The van der Waals surface area contributed by atoms with Crippen LogP contribution >= 0.6 is 23.2 Å². The Hall–Kier alpha value is -1.19. The number of halogens is 4. The van der Waals surface area contributed by atoms with E-state index in [0.29, 0.717) is 5.02 Å². The molecule has 0 fully saturated rings. The first kappa shape index (κ1) is 11.3. The minimum atomic E-state index is -0.711. The van der Waals surface area contributed by atoms with Gasteiger partial charge in [-0.1, -0.05) is 23.2 Å². The van der Waals surface area contributed by atoms with Crippen molar-refractivity contribution in [2.75, 3.05) is 0 Å². The molecule has 5 heteroatoms. The maximum absolute atomic E-state index is 13.4. The fourth-order valence-corrected chi connectivity index (χ4v) is 1.78. The minimum Gasteiger partial charge on any atom is -0.253 e. The second-order valence-corrected chi connectivity index (χ2v) is 3.95. The standard InChI is InChI=1S/C11H5Cl2F2N/c12-6-3-9(13)11(16-5-6)8-2-1-7(14)4-10(8)15/h1-5H. The van der Waals surface area contributed by atoms with Crippen LogP contribution in [0.25, 0.3) is 11.3 Å². The molecule has 1 aromatic heterocycles. The summed E-state index contributed by atoms with van der Waals surface area (Å²) in [6, 6.07) is 4.66. The van der Waals surface area contributed by atoms with Crippen LogP contribution < -0.4 is 0 Å². The zero-order valence-corrected chi connectivity index (χ0v) is 9.36. The van der Waals surface area contributed by atoms with E-state index in [-0.39, 0.29) is 16.3 Å². The molecule has 0 radical (unpaired) electrons. The van der Waals surface area contributed by atoms with Crippen molar-refractivity contribution >= 4 is 23.2 Å². The van der Waals surface area contributed by atoms with Crippen LogP contribution in [0, 0.1) is 11.6 Å². The molecule has 0 aliphatic heterocycles. The average molecular weight is 260 g/mol. The average Bonchev–Trinajstić information content (AvgIpc) is 2.19. The van der Waals surface area contributed by atoms with Crippen LogP contribution in [0.4, 0.5) is 8.78 Å². The number of rotatable bonds is 1. The van der Waals surface area contributed by atoms with Crippen LogP contribution in [-0.4, -0.2) is 4.98 Å². The number of hydrogen-bond donors (Lipinski definition) is 0. The summed E-state index contributed by atoms with van der Waals surface area (Å²) in [5, 5.41) is 0.578. The fourth-order valence-electron chi connectivity index (χ4n) is 1.29. The van der Waals surface area contributed by atoms with Gasteiger partial charge in [0.05, 0.1) is 15.7 Å². The number of benzene rings is 1. The highest BCUT2D eigenvalue weighted by atomic mass is 35.5. The lowest BCUT2D eigenvalue weighted by molar-refractivity contribution is 0.585. The molecule has 2 aromatic rings. The Morgan fingerprint density at radius 1 is 1.06 bits per heavy atom. The van der Waals surface area contributed by atoms with E-state index in [9.17, 15) is 8.78 Å². The van der Waals surface area contributed by atoms with Crippen LogP contribution in [0.15, 0.2) is 30.5 Å². The predicted molar refractivity (Wildman–Crippen MR) is 59.6 cm³/mol. The van der Waals surface area contributed by atoms with E-state index in [1.165, 1.54) is 18.3 Å². The summed E-state index contributed by atoms with van der Waals surface area (Å²) in [6.07, 6.45) is 1.35. The van der Waals surface area contributed by atoms with Gasteiger partial charge in [0.15, 0.2) is 0 Å². The van der Waals surface area contributed by atoms with E-state index in [1.807, 2.05) is 0 Å². The summed E-state index contributed by atoms with van der Waals surface area (Å²) in [7, 11) is 0. The Morgan fingerprint density at radius 3 is 2.44 bits per heavy atom. The zero-order valence-electron chi connectivity index (χ0n) is 7.85. The molecule has 0 spiro atoms. The molecule has 16 heavy (non-hydrogen) atoms. The highest BCUT2D eigenvalue weighted by molar-refractivity contribution is 6.36. The summed E-state index contributed by atoms with van der Waals surface area (Å²) in [5.74, 6) is -1.36. The molecule has 0 unspecified atom stereocenters. The van der Waals surface area contributed by atoms with Gasteiger partial charge in [0.2, 0.25) is 0 Å². The summed E-state index contributed by atoms with van der Waals surface area (Å²) < 4.78 is 26.2. The van der Waals surface area contributed by atoms with Crippen molar-refractivity contribution in [1.82, 2.24) is 4.98 Å². The maximum Gasteiger partial charge on any atom is 0.135 e. The van der Waals surface area contributed by atoms with Crippen molar-refractivity contribution in [3.05, 3.63) is 52.1 Å². The van der Waals surface area contributed by atoms with Crippen molar-refractivity contribution in [3.63, 3.8) is 0 Å². The zero-order chi connectivity index (χ0) is 11.7. The summed E-state index contributed by atoms with van der Waals surface area (Å²) >= 11 is 11.5. The van der Waals surface area contributed by atoms with Crippen LogP contribution in [0.1, 0.15) is 0 Å². The number of aromatic nitrogens is 1. The molecular formula is C11H5Cl2F2N. The van der Waals surface area contributed by atoms with Gasteiger partial charge in [0, 0.05) is 17.8 Å². The number of hydrogen-bond acceptors (Lipinski definition) is 1. The maximum atomic E-state index is 13.4. The monoisotopic (exact) mass is 259 g/mol. The summed E-state index contributed by atoms with van der Waals surface area (Å²) in [5.41, 5.74) is 0.381. The molecular weight excluding hydrogens is 255 g/mol. The molecule has 0 aliphatic carbocycles. The van der Waals surface area contributed by atoms with E-state index >= 15 is 0 Å². The molecule has 0 saturated carbocycles. The molecule has 0 aliphatic rings. The van der Waals surface area contributed by atoms with E-state index < -0.39 is 11.6 Å². The van der Waals surface area contributed by atoms with Crippen molar-refractivity contribution < 1.29 is 8.78 Å². The van der Waals surface area contributed by atoms with Crippen molar-refractivity contribution in [2.24, 2.45) is 0 Å². The first-order valence-corrected chi connectivity index (χ1v) is 5.10. The molecule has 0 saturated heterocycles. The second kappa shape index (κ2) is 4.36. The van der Waals surface area contributed by atoms with Gasteiger partial charge in [-0.25, -0.2) is 8.78 Å². The third kappa shape index (κ3) is 2.15. The van der Waals surface area contributed by atoms with Crippen LogP contribution in [0.3, 0.4) is 0 Å². The highest BCUT2D eigenvalue weighted by Gasteiger charge is 2.11. The first-order valence-electron chi connectivity index (χ1n) is 4.34. The highest BCUT2D eigenvalue weighted by Crippen LogP contribution is 2.29. The second-order valence-electron chi connectivity index (χ2n) is 3.11. The number of pyridine rings is 1. The summed E-state index contributed by atoms with van der Waals surface area (Å²) in [6.45, 7) is 0. The third-order valence-corrected chi connectivity index (χ3v) is 2.49. The van der Waals surface area contributed by atoms with Gasteiger partial charge in [-0.05, 0) is 18.2 Å².